The summed E-state index contributed by atoms with van der Waals surface area (Å²) in [7, 11) is 7.17. The Labute approximate surface area is 102 Å². The van der Waals surface area contributed by atoms with Gasteiger partial charge in [-0.1, -0.05) is 0 Å². The monoisotopic (exact) mass is 246 g/mol. The molecule has 0 atom stereocenters. The van der Waals surface area contributed by atoms with Crippen molar-refractivity contribution in [2.24, 2.45) is 5.41 Å². The molecule has 17 heavy (non-hydrogen) atoms. The molecule has 0 saturated heterocycles. The lowest BCUT2D eigenvalue weighted by atomic mass is 9.81. The zero-order valence-corrected chi connectivity index (χ0v) is 10.9. The lowest BCUT2D eigenvalue weighted by Gasteiger charge is -2.27. The molecule has 0 aromatic rings. The van der Waals surface area contributed by atoms with Gasteiger partial charge in [0.15, 0.2) is 5.41 Å². The van der Waals surface area contributed by atoms with Gasteiger partial charge >= 0.3 is 11.9 Å². The molecule has 6 heteroatoms. The molecule has 0 saturated carbocycles. The summed E-state index contributed by atoms with van der Waals surface area (Å²) in [6.07, 6.45) is 0.219. The number of rotatable bonds is 8. The Morgan fingerprint density at radius 2 is 1.18 bits per heavy atom. The van der Waals surface area contributed by atoms with Crippen LogP contribution in [0.2, 0.25) is 0 Å². The predicted molar refractivity (Wildman–Crippen MR) is 64.0 cm³/mol. The van der Waals surface area contributed by atoms with Crippen molar-refractivity contribution in [2.75, 3.05) is 41.3 Å². The van der Waals surface area contributed by atoms with Crippen LogP contribution in [0.15, 0.2) is 0 Å². The van der Waals surface area contributed by atoms with Crippen molar-refractivity contribution in [2.45, 2.75) is 12.8 Å². The van der Waals surface area contributed by atoms with E-state index in [0.29, 0.717) is 13.1 Å². The third kappa shape index (κ3) is 4.70. The summed E-state index contributed by atoms with van der Waals surface area (Å²) in [5, 5.41) is 18.4. The largest absolute Gasteiger partial charge is 0.480 e. The zero-order chi connectivity index (χ0) is 13.6. The molecule has 0 aliphatic heterocycles. The number of nitrogens with zero attached hydrogens (tertiary/aromatic N) is 2. The van der Waals surface area contributed by atoms with Gasteiger partial charge in [0.05, 0.1) is 0 Å². The Hall–Kier alpha value is -1.14. The third-order valence-electron chi connectivity index (χ3n) is 2.79. The maximum atomic E-state index is 11.3. The molecule has 0 fully saturated rings. The molecule has 0 radical (unpaired) electrons. The Morgan fingerprint density at radius 3 is 1.35 bits per heavy atom. The van der Waals surface area contributed by atoms with Gasteiger partial charge in [0.1, 0.15) is 0 Å². The fraction of sp³-hybridized carbons (Fsp3) is 0.818. The van der Waals surface area contributed by atoms with E-state index >= 15 is 0 Å². The summed E-state index contributed by atoms with van der Waals surface area (Å²) in [6, 6.07) is 0. The molecule has 0 aliphatic rings. The van der Waals surface area contributed by atoms with E-state index in [2.05, 4.69) is 0 Å². The highest BCUT2D eigenvalue weighted by molar-refractivity contribution is 5.98. The molecular weight excluding hydrogens is 224 g/mol. The van der Waals surface area contributed by atoms with Crippen molar-refractivity contribution in [1.29, 1.82) is 0 Å². The van der Waals surface area contributed by atoms with Gasteiger partial charge in [0.25, 0.3) is 0 Å². The summed E-state index contributed by atoms with van der Waals surface area (Å²) < 4.78 is 0. The molecular formula is C11H22N2O4. The van der Waals surface area contributed by atoms with Crippen LogP contribution in [0.5, 0.6) is 0 Å². The first-order chi connectivity index (χ1) is 7.72. The number of carboxylic acids is 2. The van der Waals surface area contributed by atoms with E-state index in [1.807, 2.05) is 0 Å². The number of carboxylic acid groups (broad SMARTS) is 2. The molecule has 0 unspecified atom stereocenters. The van der Waals surface area contributed by atoms with E-state index < -0.39 is 17.4 Å². The van der Waals surface area contributed by atoms with E-state index in [0.717, 1.165) is 0 Å². The molecule has 0 aromatic carbocycles. The molecule has 0 aromatic heterocycles. The minimum atomic E-state index is -1.69. The van der Waals surface area contributed by atoms with Crippen LogP contribution in [-0.4, -0.2) is 73.2 Å². The van der Waals surface area contributed by atoms with Gasteiger partial charge in [-0.3, -0.25) is 9.59 Å². The van der Waals surface area contributed by atoms with Crippen LogP contribution in [0.1, 0.15) is 12.8 Å². The van der Waals surface area contributed by atoms with Gasteiger partial charge < -0.3 is 20.0 Å². The zero-order valence-electron chi connectivity index (χ0n) is 10.9. The first-order valence-electron chi connectivity index (χ1n) is 5.48. The van der Waals surface area contributed by atoms with E-state index in [1.54, 1.807) is 38.0 Å². The van der Waals surface area contributed by atoms with Crippen molar-refractivity contribution in [3.05, 3.63) is 0 Å². The molecule has 2 N–H and O–H groups in total. The van der Waals surface area contributed by atoms with Crippen LogP contribution in [0.4, 0.5) is 0 Å². The maximum Gasteiger partial charge on any atom is 0.321 e. The highest BCUT2D eigenvalue weighted by Crippen LogP contribution is 2.28. The van der Waals surface area contributed by atoms with Crippen molar-refractivity contribution < 1.29 is 19.8 Å². The van der Waals surface area contributed by atoms with Crippen molar-refractivity contribution in [3.8, 4) is 0 Å². The van der Waals surface area contributed by atoms with Crippen LogP contribution in [0.25, 0.3) is 0 Å². The quantitative estimate of drug-likeness (QED) is 0.589. The summed E-state index contributed by atoms with van der Waals surface area (Å²) >= 11 is 0. The SMILES string of the molecule is CN(C)CCC(CCN(C)C)(C(=O)O)C(=O)O. The number of hydrogen-bond acceptors (Lipinski definition) is 4. The van der Waals surface area contributed by atoms with Crippen molar-refractivity contribution >= 4 is 11.9 Å². The average molecular weight is 246 g/mol. The highest BCUT2D eigenvalue weighted by Gasteiger charge is 2.45. The fourth-order valence-electron chi connectivity index (χ4n) is 1.47. The van der Waals surface area contributed by atoms with Gasteiger partial charge in [-0.15, -0.1) is 0 Å². The van der Waals surface area contributed by atoms with Gasteiger partial charge in [0.2, 0.25) is 0 Å². The van der Waals surface area contributed by atoms with Gasteiger partial charge in [-0.05, 0) is 54.1 Å². The van der Waals surface area contributed by atoms with E-state index in [1.165, 1.54) is 0 Å². The first kappa shape index (κ1) is 15.9. The molecule has 0 bridgehead atoms. The third-order valence-corrected chi connectivity index (χ3v) is 2.79. The standard InChI is InChI=1S/C11H22N2O4/c1-12(2)7-5-11(9(14)15,10(16)17)6-8-13(3)4/h5-8H2,1-4H3,(H,14,15)(H,16,17). The Kier molecular flexibility index (Phi) is 6.12. The molecule has 0 rings (SSSR count). The first-order valence-corrected chi connectivity index (χ1v) is 5.48. The Bertz CT molecular complexity index is 249. The summed E-state index contributed by atoms with van der Waals surface area (Å²) in [5.74, 6) is -2.51. The van der Waals surface area contributed by atoms with Crippen molar-refractivity contribution in [1.82, 2.24) is 9.80 Å². The predicted octanol–water partition coefficient (Wildman–Crippen LogP) is 0.0454. The number of hydrogen-bond donors (Lipinski definition) is 2. The molecule has 0 amide bonds. The maximum absolute atomic E-state index is 11.3. The van der Waals surface area contributed by atoms with E-state index in [-0.39, 0.29) is 12.8 Å². The lowest BCUT2D eigenvalue weighted by Crippen LogP contribution is -2.43. The van der Waals surface area contributed by atoms with Gasteiger partial charge in [-0.25, -0.2) is 0 Å². The minimum Gasteiger partial charge on any atom is -0.480 e. The van der Waals surface area contributed by atoms with Crippen LogP contribution in [0, 0.1) is 5.41 Å². The summed E-state index contributed by atoms with van der Waals surface area (Å²) in [5.41, 5.74) is -1.69. The molecule has 0 heterocycles. The fourth-order valence-corrected chi connectivity index (χ4v) is 1.47. The van der Waals surface area contributed by atoms with Gasteiger partial charge in [-0.2, -0.15) is 0 Å². The number of aliphatic carboxylic acids is 2. The van der Waals surface area contributed by atoms with Gasteiger partial charge in [0, 0.05) is 0 Å². The summed E-state index contributed by atoms with van der Waals surface area (Å²) in [4.78, 5) is 26.1. The molecule has 100 valence electrons. The van der Waals surface area contributed by atoms with E-state index in [4.69, 9.17) is 0 Å². The van der Waals surface area contributed by atoms with Crippen LogP contribution in [0.3, 0.4) is 0 Å². The normalized spacial score (nSPS) is 12.1. The van der Waals surface area contributed by atoms with Crippen LogP contribution < -0.4 is 0 Å². The second kappa shape index (κ2) is 6.56. The summed E-state index contributed by atoms with van der Waals surface area (Å²) in [6.45, 7) is 0.873. The second-order valence-electron chi connectivity index (χ2n) is 4.80. The van der Waals surface area contributed by atoms with E-state index in [9.17, 15) is 19.8 Å². The van der Waals surface area contributed by atoms with Crippen LogP contribution in [-0.2, 0) is 9.59 Å². The number of carbonyl (C=O) groups is 2. The highest BCUT2D eigenvalue weighted by atomic mass is 16.4. The molecule has 0 spiro atoms. The Morgan fingerprint density at radius 1 is 0.882 bits per heavy atom. The smallest absolute Gasteiger partial charge is 0.321 e. The average Bonchev–Trinajstić information content (AvgIpc) is 2.16. The topological polar surface area (TPSA) is 81.1 Å². The second-order valence-corrected chi connectivity index (χ2v) is 4.80. The van der Waals surface area contributed by atoms with Crippen molar-refractivity contribution in [3.63, 3.8) is 0 Å². The molecule has 0 aliphatic carbocycles. The minimum absolute atomic E-state index is 0.110. The van der Waals surface area contributed by atoms with Crippen LogP contribution >= 0.6 is 0 Å². The molecule has 6 nitrogen and oxygen atoms in total. The Balaban J connectivity index is 4.87. The lowest BCUT2D eigenvalue weighted by molar-refractivity contribution is -0.166.